The molecule has 3 nitrogen and oxygen atoms in total. The lowest BCUT2D eigenvalue weighted by Crippen LogP contribution is -2.12. The number of alkyl halides is 3. The second-order valence-corrected chi connectivity index (χ2v) is 2.16. The van der Waals surface area contributed by atoms with Gasteiger partial charge in [0.25, 0.3) is 0 Å². The Morgan fingerprint density at radius 3 is 2.31 bits per heavy atom. The fraction of sp³-hybridized carbons (Fsp3) is 0.143. The maximum atomic E-state index is 12.2. The fourth-order valence-electron chi connectivity index (χ4n) is 0.895. The van der Waals surface area contributed by atoms with E-state index in [-0.39, 0.29) is 0 Å². The summed E-state index contributed by atoms with van der Waals surface area (Å²) in [5, 5.41) is 16.6. The number of hydrogen-bond donors (Lipinski definition) is 0. The zero-order chi connectivity index (χ0) is 10.1. The predicted octanol–water partition coefficient (Wildman–Crippen LogP) is 1.71. The molecule has 0 N–H and O–H groups in total. The van der Waals surface area contributed by atoms with Gasteiger partial charge >= 0.3 is 6.18 Å². The lowest BCUT2D eigenvalue weighted by molar-refractivity contribution is -0.142. The molecule has 0 spiro atoms. The normalized spacial score (nSPS) is 10.5. The number of nitriles is 2. The smallest absolute Gasteiger partial charge is 0.249 e. The Bertz CT molecular complexity index is 371. The van der Waals surface area contributed by atoms with E-state index in [2.05, 4.69) is 0 Å². The number of rotatable bonds is 0. The second kappa shape index (κ2) is 2.83. The molecule has 1 rings (SSSR count). The Labute approximate surface area is 71.2 Å². The highest BCUT2D eigenvalue weighted by Gasteiger charge is 2.37. The van der Waals surface area contributed by atoms with Crippen molar-refractivity contribution in [2.24, 2.45) is 0 Å². The third kappa shape index (κ3) is 1.47. The highest BCUT2D eigenvalue weighted by Crippen LogP contribution is 2.31. The van der Waals surface area contributed by atoms with Crippen LogP contribution < -0.4 is 0 Å². The van der Waals surface area contributed by atoms with Crippen LogP contribution in [0.4, 0.5) is 13.2 Å². The molecule has 0 saturated heterocycles. The molecule has 0 aliphatic rings. The van der Waals surface area contributed by atoms with Crippen molar-refractivity contribution in [3.05, 3.63) is 23.5 Å². The maximum absolute atomic E-state index is 12.2. The van der Waals surface area contributed by atoms with Gasteiger partial charge in [-0.15, -0.1) is 0 Å². The van der Waals surface area contributed by atoms with Crippen LogP contribution in [0, 0.1) is 22.8 Å². The molecule has 1 aromatic rings. The van der Waals surface area contributed by atoms with E-state index in [1.807, 2.05) is 0 Å². The van der Waals surface area contributed by atoms with Crippen molar-refractivity contribution >= 4 is 0 Å². The van der Waals surface area contributed by atoms with E-state index in [1.165, 1.54) is 12.3 Å². The highest BCUT2D eigenvalue weighted by molar-refractivity contribution is 5.37. The summed E-state index contributed by atoms with van der Waals surface area (Å²) in [5.41, 5.74) is -1.77. The first kappa shape index (κ1) is 9.14. The summed E-state index contributed by atoms with van der Waals surface area (Å²) in [6.07, 6.45) is -2.47. The lowest BCUT2D eigenvalue weighted by atomic mass is 10.2. The minimum atomic E-state index is -4.68. The summed E-state index contributed by atoms with van der Waals surface area (Å²) in [6.45, 7) is 0. The van der Waals surface area contributed by atoms with Gasteiger partial charge in [0, 0.05) is 6.20 Å². The van der Waals surface area contributed by atoms with Crippen molar-refractivity contribution in [2.45, 2.75) is 6.18 Å². The molecule has 0 atom stereocenters. The maximum Gasteiger partial charge on any atom is 0.433 e. The molecular formula is C7H2F3N3. The molecule has 0 unspecified atom stereocenters. The first-order valence-corrected chi connectivity index (χ1v) is 3.09. The van der Waals surface area contributed by atoms with Gasteiger partial charge in [-0.25, -0.2) is 4.57 Å². The van der Waals surface area contributed by atoms with Crippen LogP contribution in [0.1, 0.15) is 11.3 Å². The molecule has 0 radical (unpaired) electrons. The number of aromatic nitrogens is 1. The zero-order valence-corrected chi connectivity index (χ0v) is 6.13. The Hall–Kier alpha value is -1.95. The first-order valence-electron chi connectivity index (χ1n) is 3.09. The van der Waals surface area contributed by atoms with Gasteiger partial charge in [-0.1, -0.05) is 0 Å². The van der Waals surface area contributed by atoms with Crippen LogP contribution in [0.5, 0.6) is 0 Å². The Morgan fingerprint density at radius 1 is 1.31 bits per heavy atom. The first-order chi connectivity index (χ1) is 6.00. The molecule has 6 heteroatoms. The Kier molecular flexibility index (Phi) is 1.99. The third-order valence-electron chi connectivity index (χ3n) is 1.38. The molecule has 66 valence electrons. The zero-order valence-electron chi connectivity index (χ0n) is 6.13. The van der Waals surface area contributed by atoms with Crippen molar-refractivity contribution in [2.75, 3.05) is 0 Å². The van der Waals surface area contributed by atoms with Crippen LogP contribution in [0.2, 0.25) is 0 Å². The van der Waals surface area contributed by atoms with E-state index in [9.17, 15) is 13.2 Å². The number of nitrogens with zero attached hydrogens (tertiary/aromatic N) is 3. The van der Waals surface area contributed by atoms with E-state index >= 15 is 0 Å². The molecule has 1 aromatic heterocycles. The average Bonchev–Trinajstić information content (AvgIpc) is 2.45. The summed E-state index contributed by atoms with van der Waals surface area (Å²) < 4.78 is 36.9. The van der Waals surface area contributed by atoms with Crippen LogP contribution in [0.25, 0.3) is 0 Å². The monoisotopic (exact) mass is 185 g/mol. The molecular weight excluding hydrogens is 183 g/mol. The van der Waals surface area contributed by atoms with Crippen LogP contribution in [-0.2, 0) is 6.18 Å². The minimum absolute atomic E-state index is 0.318. The van der Waals surface area contributed by atoms with E-state index in [0.29, 0.717) is 4.57 Å². The molecule has 0 aliphatic heterocycles. The topological polar surface area (TPSA) is 52.5 Å². The summed E-state index contributed by atoms with van der Waals surface area (Å²) in [6, 6.07) is 2.32. The molecule has 0 bridgehead atoms. The summed E-state index contributed by atoms with van der Waals surface area (Å²) >= 11 is 0. The quantitative estimate of drug-likeness (QED) is 0.617. The molecule has 0 saturated carbocycles. The Balaban J connectivity index is 3.42. The van der Waals surface area contributed by atoms with Gasteiger partial charge in [0.15, 0.2) is 11.9 Å². The van der Waals surface area contributed by atoms with Gasteiger partial charge in [0.05, 0.1) is 5.56 Å². The summed E-state index contributed by atoms with van der Waals surface area (Å²) in [4.78, 5) is 0. The van der Waals surface area contributed by atoms with Crippen molar-refractivity contribution in [1.29, 1.82) is 10.5 Å². The van der Waals surface area contributed by atoms with E-state index in [4.69, 9.17) is 10.5 Å². The minimum Gasteiger partial charge on any atom is -0.249 e. The number of hydrogen-bond acceptors (Lipinski definition) is 2. The van der Waals surface area contributed by atoms with Gasteiger partial charge in [-0.3, -0.25) is 0 Å². The van der Waals surface area contributed by atoms with Gasteiger partial charge in [0.1, 0.15) is 6.07 Å². The standard InChI is InChI=1S/C7H2F3N3/c8-7(9,10)6-5(3-11)1-2-13(6)4-12/h1-2H. The highest BCUT2D eigenvalue weighted by atomic mass is 19.4. The van der Waals surface area contributed by atoms with Crippen molar-refractivity contribution < 1.29 is 13.2 Å². The predicted molar refractivity (Wildman–Crippen MR) is 35.2 cm³/mol. The summed E-state index contributed by atoms with van der Waals surface area (Å²) in [5.74, 6) is 0. The van der Waals surface area contributed by atoms with Crippen LogP contribution in [-0.4, -0.2) is 4.57 Å². The Morgan fingerprint density at radius 2 is 1.92 bits per heavy atom. The number of halogens is 3. The van der Waals surface area contributed by atoms with Gasteiger partial charge < -0.3 is 0 Å². The molecule has 13 heavy (non-hydrogen) atoms. The van der Waals surface area contributed by atoms with Crippen LogP contribution in [0.15, 0.2) is 12.3 Å². The molecule has 0 fully saturated rings. The average molecular weight is 185 g/mol. The molecule has 0 aromatic carbocycles. The molecule has 1 heterocycles. The van der Waals surface area contributed by atoms with Crippen LogP contribution in [0.3, 0.4) is 0 Å². The molecule has 0 amide bonds. The molecule has 0 aliphatic carbocycles. The van der Waals surface area contributed by atoms with Crippen LogP contribution >= 0.6 is 0 Å². The lowest BCUT2D eigenvalue weighted by Gasteiger charge is -2.05. The second-order valence-electron chi connectivity index (χ2n) is 2.16. The van der Waals surface area contributed by atoms with Crippen molar-refractivity contribution in [1.82, 2.24) is 4.57 Å². The summed E-state index contributed by atoms with van der Waals surface area (Å²) in [7, 11) is 0. The largest absolute Gasteiger partial charge is 0.433 e. The van der Waals surface area contributed by atoms with Crippen molar-refractivity contribution in [3.8, 4) is 12.3 Å². The van der Waals surface area contributed by atoms with Crippen molar-refractivity contribution in [3.63, 3.8) is 0 Å². The van der Waals surface area contributed by atoms with E-state index in [0.717, 1.165) is 12.3 Å². The van der Waals surface area contributed by atoms with Gasteiger partial charge in [-0.05, 0) is 6.07 Å². The third-order valence-corrected chi connectivity index (χ3v) is 1.38. The SMILES string of the molecule is N#Cc1ccn(C#N)c1C(F)(F)F. The fourth-order valence-corrected chi connectivity index (χ4v) is 0.895. The van der Waals surface area contributed by atoms with E-state index < -0.39 is 17.4 Å². The van der Waals surface area contributed by atoms with E-state index in [1.54, 1.807) is 0 Å². The van der Waals surface area contributed by atoms with Gasteiger partial charge in [0.2, 0.25) is 0 Å². The van der Waals surface area contributed by atoms with Gasteiger partial charge in [-0.2, -0.15) is 23.7 Å².